The second-order valence-corrected chi connectivity index (χ2v) is 6.54. The number of aryl methyl sites for hydroxylation is 1. The van der Waals surface area contributed by atoms with Crippen molar-refractivity contribution in [3.8, 4) is 0 Å². The number of carbonyl (C=O) groups is 1. The topological polar surface area (TPSA) is 75.3 Å². The first-order valence-electron chi connectivity index (χ1n) is 9.01. The summed E-state index contributed by atoms with van der Waals surface area (Å²) < 4.78 is 5.49. The van der Waals surface area contributed by atoms with Crippen molar-refractivity contribution in [1.29, 1.82) is 0 Å². The van der Waals surface area contributed by atoms with E-state index in [1.54, 1.807) is 0 Å². The van der Waals surface area contributed by atoms with Gasteiger partial charge in [0.15, 0.2) is 0 Å². The van der Waals surface area contributed by atoms with Gasteiger partial charge in [0, 0.05) is 32.5 Å². The van der Waals surface area contributed by atoms with Crippen LogP contribution in [0.2, 0.25) is 0 Å². The molecule has 134 valence electrons. The van der Waals surface area contributed by atoms with Crippen molar-refractivity contribution < 1.29 is 9.53 Å². The summed E-state index contributed by atoms with van der Waals surface area (Å²) in [6.07, 6.45) is 2.80. The van der Waals surface area contributed by atoms with Crippen LogP contribution >= 0.6 is 0 Å². The maximum Gasteiger partial charge on any atom is 0.270 e. The third-order valence-corrected chi connectivity index (χ3v) is 4.67. The Labute approximate surface area is 147 Å². The van der Waals surface area contributed by atoms with Crippen LogP contribution in [0, 0.1) is 5.92 Å². The molecule has 2 heterocycles. The van der Waals surface area contributed by atoms with Crippen molar-refractivity contribution in [3.05, 3.63) is 40.3 Å². The van der Waals surface area contributed by atoms with Gasteiger partial charge in [0.05, 0.1) is 17.6 Å². The Morgan fingerprint density at radius 2 is 2.24 bits per heavy atom. The lowest BCUT2D eigenvalue weighted by Crippen LogP contribution is -2.41. The minimum absolute atomic E-state index is 0.0931. The average molecular weight is 343 g/mol. The quantitative estimate of drug-likeness (QED) is 0.872. The molecule has 1 saturated heterocycles. The number of carbonyl (C=O) groups excluding carboxylic acids is 1. The van der Waals surface area contributed by atoms with E-state index in [1.165, 1.54) is 0 Å². The number of rotatable bonds is 6. The first kappa shape index (κ1) is 17.6. The van der Waals surface area contributed by atoms with Gasteiger partial charge in [0.2, 0.25) is 5.91 Å². The number of hydrogen-bond acceptors (Lipinski definition) is 4. The van der Waals surface area contributed by atoms with Gasteiger partial charge in [-0.3, -0.25) is 9.59 Å². The van der Waals surface area contributed by atoms with Crippen LogP contribution < -0.4 is 5.56 Å². The molecule has 0 bridgehead atoms. The predicted octanol–water partition coefficient (Wildman–Crippen LogP) is 2.13. The summed E-state index contributed by atoms with van der Waals surface area (Å²) in [5.74, 6) is 0.510. The number of fused-ring (bicyclic) bond motifs is 1. The molecule has 1 N–H and O–H groups in total. The van der Waals surface area contributed by atoms with Crippen molar-refractivity contribution in [2.24, 2.45) is 5.92 Å². The molecule has 1 aromatic heterocycles. The molecular weight excluding hydrogens is 318 g/mol. The van der Waals surface area contributed by atoms with Crippen molar-refractivity contribution in [2.75, 3.05) is 26.3 Å². The fraction of sp³-hybridized carbons (Fsp3) is 0.526. The van der Waals surface area contributed by atoms with Gasteiger partial charge < -0.3 is 14.6 Å². The van der Waals surface area contributed by atoms with Crippen LogP contribution in [-0.2, 0) is 16.0 Å². The monoisotopic (exact) mass is 343 g/mol. The van der Waals surface area contributed by atoms with Crippen molar-refractivity contribution in [2.45, 2.75) is 32.6 Å². The molecule has 1 aliphatic heterocycles. The highest BCUT2D eigenvalue weighted by molar-refractivity contribution is 5.77. The zero-order chi connectivity index (χ0) is 17.6. The molecule has 0 aliphatic carbocycles. The Balaban J connectivity index is 1.60. The normalized spacial score (nSPS) is 17.8. The molecule has 1 amide bonds. The zero-order valence-electron chi connectivity index (χ0n) is 14.7. The van der Waals surface area contributed by atoms with Crippen LogP contribution in [0.3, 0.4) is 0 Å². The lowest BCUT2D eigenvalue weighted by molar-refractivity contribution is -0.133. The molecule has 0 spiro atoms. The third-order valence-electron chi connectivity index (χ3n) is 4.67. The van der Waals surface area contributed by atoms with E-state index in [9.17, 15) is 9.59 Å². The van der Waals surface area contributed by atoms with Gasteiger partial charge in [0.1, 0.15) is 5.69 Å². The highest BCUT2D eigenvalue weighted by Gasteiger charge is 2.23. The number of piperidine rings is 1. The number of aromatic amines is 1. The van der Waals surface area contributed by atoms with Crippen LogP contribution in [-0.4, -0.2) is 47.1 Å². The van der Waals surface area contributed by atoms with E-state index in [0.29, 0.717) is 37.7 Å². The number of nitrogens with one attached hydrogen (secondary N) is 1. The number of nitrogens with zero attached hydrogens (tertiary/aromatic N) is 2. The fourth-order valence-corrected chi connectivity index (χ4v) is 3.33. The van der Waals surface area contributed by atoms with Crippen LogP contribution in [0.25, 0.3) is 11.0 Å². The number of aromatic nitrogens is 2. The smallest absolute Gasteiger partial charge is 0.270 e. The predicted molar refractivity (Wildman–Crippen MR) is 96.5 cm³/mol. The van der Waals surface area contributed by atoms with E-state index in [2.05, 4.69) is 9.97 Å². The Morgan fingerprint density at radius 1 is 1.40 bits per heavy atom. The molecule has 1 atom stereocenters. The summed E-state index contributed by atoms with van der Waals surface area (Å²) >= 11 is 0. The number of amides is 1. The van der Waals surface area contributed by atoms with Crippen LogP contribution in [0.15, 0.2) is 29.1 Å². The second kappa shape index (κ2) is 8.25. The molecule has 1 aromatic carbocycles. The van der Waals surface area contributed by atoms with Gasteiger partial charge in [-0.2, -0.15) is 0 Å². The van der Waals surface area contributed by atoms with Crippen molar-refractivity contribution in [1.82, 2.24) is 14.9 Å². The Bertz CT molecular complexity index is 787. The molecule has 0 radical (unpaired) electrons. The largest absolute Gasteiger partial charge is 0.381 e. The summed E-state index contributed by atoms with van der Waals surface area (Å²) in [5, 5.41) is 0. The van der Waals surface area contributed by atoms with Crippen LogP contribution in [0.5, 0.6) is 0 Å². The molecule has 1 fully saturated rings. The fourth-order valence-electron chi connectivity index (χ4n) is 3.33. The highest BCUT2D eigenvalue weighted by atomic mass is 16.5. The van der Waals surface area contributed by atoms with Crippen molar-refractivity contribution in [3.63, 3.8) is 0 Å². The Kier molecular flexibility index (Phi) is 5.81. The zero-order valence-corrected chi connectivity index (χ0v) is 14.7. The lowest BCUT2D eigenvalue weighted by atomic mass is 9.98. The summed E-state index contributed by atoms with van der Waals surface area (Å²) in [7, 11) is 0. The van der Waals surface area contributed by atoms with Gasteiger partial charge in [-0.1, -0.05) is 12.1 Å². The van der Waals surface area contributed by atoms with Gasteiger partial charge in [-0.05, 0) is 37.8 Å². The summed E-state index contributed by atoms with van der Waals surface area (Å²) in [5.41, 5.74) is 1.69. The van der Waals surface area contributed by atoms with Crippen LogP contribution in [0.4, 0.5) is 0 Å². The van der Waals surface area contributed by atoms with E-state index in [-0.39, 0.29) is 11.5 Å². The van der Waals surface area contributed by atoms with Gasteiger partial charge in [0.25, 0.3) is 5.56 Å². The number of para-hydroxylation sites is 2. The third kappa shape index (κ3) is 4.45. The van der Waals surface area contributed by atoms with Gasteiger partial charge in [-0.25, -0.2) is 4.98 Å². The lowest BCUT2D eigenvalue weighted by Gasteiger charge is -2.32. The number of benzene rings is 1. The molecule has 25 heavy (non-hydrogen) atoms. The Morgan fingerprint density at radius 3 is 3.08 bits per heavy atom. The maximum atomic E-state index is 12.5. The average Bonchev–Trinajstić information content (AvgIpc) is 2.64. The van der Waals surface area contributed by atoms with E-state index in [1.807, 2.05) is 36.1 Å². The molecule has 6 nitrogen and oxygen atoms in total. The van der Waals surface area contributed by atoms with Gasteiger partial charge >= 0.3 is 0 Å². The summed E-state index contributed by atoms with van der Waals surface area (Å²) in [6, 6.07) is 7.43. The number of likely N-dealkylation sites (tertiary alicyclic amines) is 1. The molecule has 0 saturated carbocycles. The molecule has 1 unspecified atom stereocenters. The Hall–Kier alpha value is -2.21. The number of ether oxygens (including phenoxy) is 1. The SMILES string of the molecule is CCOCC1CCCN(C(=O)CCc2nc3ccccc3[nH]c2=O)C1. The number of hydrogen-bond donors (Lipinski definition) is 1. The number of H-pyrrole nitrogens is 1. The first-order valence-corrected chi connectivity index (χ1v) is 9.01. The van der Waals surface area contributed by atoms with E-state index in [0.717, 1.165) is 37.0 Å². The molecule has 6 heteroatoms. The summed E-state index contributed by atoms with van der Waals surface area (Å²) in [6.45, 7) is 4.95. The second-order valence-electron chi connectivity index (χ2n) is 6.54. The molecule has 2 aromatic rings. The minimum atomic E-state index is -0.209. The molecular formula is C19H25N3O3. The standard InChI is InChI=1S/C19H25N3O3/c1-2-25-13-14-6-5-11-22(12-14)18(23)10-9-17-19(24)21-16-8-4-3-7-15(16)20-17/h3-4,7-8,14H,2,5-6,9-13H2,1H3,(H,21,24). The van der Waals surface area contributed by atoms with Gasteiger partial charge in [-0.15, -0.1) is 0 Å². The first-order chi connectivity index (χ1) is 12.2. The maximum absolute atomic E-state index is 12.5. The van der Waals surface area contributed by atoms with E-state index < -0.39 is 0 Å². The van der Waals surface area contributed by atoms with Crippen molar-refractivity contribution >= 4 is 16.9 Å². The van der Waals surface area contributed by atoms with E-state index >= 15 is 0 Å². The van der Waals surface area contributed by atoms with Crippen LogP contribution in [0.1, 0.15) is 31.9 Å². The molecule has 1 aliphatic rings. The summed E-state index contributed by atoms with van der Waals surface area (Å²) in [4.78, 5) is 33.8. The minimum Gasteiger partial charge on any atom is -0.381 e. The molecule has 3 rings (SSSR count). The highest BCUT2D eigenvalue weighted by Crippen LogP contribution is 2.18. The van der Waals surface area contributed by atoms with E-state index in [4.69, 9.17) is 4.74 Å².